The second-order valence-electron chi connectivity index (χ2n) is 6.92. The van der Waals surface area contributed by atoms with Crippen molar-refractivity contribution in [3.63, 3.8) is 0 Å². The van der Waals surface area contributed by atoms with Crippen LogP contribution in [0.5, 0.6) is 11.5 Å². The van der Waals surface area contributed by atoms with Crippen LogP contribution in [0.2, 0.25) is 0 Å². The quantitative estimate of drug-likeness (QED) is 0.304. The monoisotopic (exact) mass is 420 g/mol. The maximum Gasteiger partial charge on any atom is 0.141 e. The minimum atomic E-state index is 0.103. The number of nitrogens with zero attached hydrogens (tertiary/aromatic N) is 6. The van der Waals surface area contributed by atoms with Gasteiger partial charge in [0.25, 0.3) is 0 Å². The maximum atomic E-state index is 9.95. The minimum absolute atomic E-state index is 0.103. The van der Waals surface area contributed by atoms with E-state index in [1.807, 2.05) is 12.1 Å². The Bertz CT molecular complexity index is 1380. The van der Waals surface area contributed by atoms with Crippen molar-refractivity contribution in [2.75, 3.05) is 0 Å². The van der Waals surface area contributed by atoms with Crippen molar-refractivity contribution in [3.8, 4) is 11.5 Å². The standard InChI is InChI=1S/C24H16N6O2/c31-21-11-9-19(17-3-1-13-25-23(17)21)29-27-15-5-7-16(8-6-15)28-30-20-10-12-22(32)24-18(20)4-2-14-26-24/h1-14,31-32H/b29-27+,30-28+. The summed E-state index contributed by atoms with van der Waals surface area (Å²) in [5.41, 5.74) is 3.49. The largest absolute Gasteiger partial charge is 0.506 e. The Labute approximate surface area is 182 Å². The average Bonchev–Trinajstić information content (AvgIpc) is 2.84. The first-order valence-electron chi connectivity index (χ1n) is 9.76. The van der Waals surface area contributed by atoms with Gasteiger partial charge in [0.1, 0.15) is 22.5 Å². The highest BCUT2D eigenvalue weighted by molar-refractivity contribution is 5.94. The third-order valence-corrected chi connectivity index (χ3v) is 4.85. The fourth-order valence-electron chi connectivity index (χ4n) is 3.27. The third-order valence-electron chi connectivity index (χ3n) is 4.85. The summed E-state index contributed by atoms with van der Waals surface area (Å²) in [4.78, 5) is 8.37. The second kappa shape index (κ2) is 8.19. The van der Waals surface area contributed by atoms with Crippen molar-refractivity contribution in [3.05, 3.63) is 85.2 Å². The normalized spacial score (nSPS) is 11.8. The van der Waals surface area contributed by atoms with E-state index in [2.05, 4.69) is 30.4 Å². The van der Waals surface area contributed by atoms with Crippen LogP contribution in [-0.4, -0.2) is 20.2 Å². The second-order valence-corrected chi connectivity index (χ2v) is 6.92. The van der Waals surface area contributed by atoms with Crippen molar-refractivity contribution < 1.29 is 10.2 Å². The fraction of sp³-hybridized carbons (Fsp3) is 0. The van der Waals surface area contributed by atoms with Crippen LogP contribution in [0.25, 0.3) is 21.8 Å². The molecule has 5 aromatic rings. The van der Waals surface area contributed by atoms with Gasteiger partial charge < -0.3 is 10.2 Å². The summed E-state index contributed by atoms with van der Waals surface area (Å²) in [5, 5.41) is 38.5. The van der Waals surface area contributed by atoms with E-state index in [1.165, 1.54) is 0 Å². The van der Waals surface area contributed by atoms with Gasteiger partial charge in [-0.15, -0.1) is 10.2 Å². The van der Waals surface area contributed by atoms with E-state index in [0.29, 0.717) is 33.8 Å². The highest BCUT2D eigenvalue weighted by Crippen LogP contribution is 2.33. The predicted octanol–water partition coefficient (Wildman–Crippen LogP) is 7.03. The zero-order valence-corrected chi connectivity index (χ0v) is 16.7. The lowest BCUT2D eigenvalue weighted by Gasteiger charge is -2.02. The molecule has 2 N–H and O–H groups in total. The van der Waals surface area contributed by atoms with E-state index in [9.17, 15) is 10.2 Å². The van der Waals surface area contributed by atoms with E-state index in [-0.39, 0.29) is 11.5 Å². The molecule has 3 aromatic carbocycles. The van der Waals surface area contributed by atoms with Crippen molar-refractivity contribution in [2.45, 2.75) is 0 Å². The molecule has 0 unspecified atom stereocenters. The van der Waals surface area contributed by atoms with E-state index in [0.717, 1.165) is 10.8 Å². The van der Waals surface area contributed by atoms with Gasteiger partial charge in [0.2, 0.25) is 0 Å². The average molecular weight is 420 g/mol. The summed E-state index contributed by atoms with van der Waals surface area (Å²) < 4.78 is 0. The van der Waals surface area contributed by atoms with Crippen molar-refractivity contribution in [2.24, 2.45) is 20.5 Å². The number of hydrogen-bond donors (Lipinski definition) is 2. The molecule has 8 nitrogen and oxygen atoms in total. The number of phenolic OH excluding ortho intramolecular Hbond substituents is 2. The molecular weight excluding hydrogens is 404 g/mol. The van der Waals surface area contributed by atoms with Gasteiger partial charge >= 0.3 is 0 Å². The van der Waals surface area contributed by atoms with E-state index >= 15 is 0 Å². The number of pyridine rings is 2. The molecule has 0 atom stereocenters. The number of benzene rings is 3. The Balaban J connectivity index is 1.38. The fourth-order valence-corrected chi connectivity index (χ4v) is 3.27. The topological polar surface area (TPSA) is 116 Å². The third kappa shape index (κ3) is 3.72. The Hall–Kier alpha value is -4.72. The van der Waals surface area contributed by atoms with Crippen LogP contribution in [0, 0.1) is 0 Å². The van der Waals surface area contributed by atoms with Crippen LogP contribution in [0.4, 0.5) is 22.7 Å². The minimum Gasteiger partial charge on any atom is -0.506 e. The number of fused-ring (bicyclic) bond motifs is 2. The zero-order chi connectivity index (χ0) is 21.9. The van der Waals surface area contributed by atoms with Gasteiger partial charge in [0.15, 0.2) is 0 Å². The molecule has 2 aromatic heterocycles. The summed E-state index contributed by atoms with van der Waals surface area (Å²) in [6, 6.07) is 20.9. The predicted molar refractivity (Wildman–Crippen MR) is 122 cm³/mol. The van der Waals surface area contributed by atoms with Crippen molar-refractivity contribution >= 4 is 44.6 Å². The van der Waals surface area contributed by atoms with Crippen LogP contribution in [0.1, 0.15) is 0 Å². The van der Waals surface area contributed by atoms with Gasteiger partial charge in [-0.1, -0.05) is 0 Å². The number of hydrogen-bond acceptors (Lipinski definition) is 8. The Morgan fingerprint density at radius 1 is 0.500 bits per heavy atom. The number of aromatic hydroxyl groups is 2. The van der Waals surface area contributed by atoms with Gasteiger partial charge in [0, 0.05) is 23.2 Å². The highest BCUT2D eigenvalue weighted by Gasteiger charge is 2.06. The molecular formula is C24H16N6O2. The lowest BCUT2D eigenvalue weighted by molar-refractivity contribution is 0.480. The van der Waals surface area contributed by atoms with Crippen LogP contribution in [-0.2, 0) is 0 Å². The molecule has 0 amide bonds. The molecule has 0 saturated heterocycles. The lowest BCUT2D eigenvalue weighted by Crippen LogP contribution is -1.79. The molecule has 154 valence electrons. The Morgan fingerprint density at radius 3 is 1.38 bits per heavy atom. The van der Waals surface area contributed by atoms with Gasteiger partial charge in [-0.2, -0.15) is 10.2 Å². The summed E-state index contributed by atoms with van der Waals surface area (Å²) in [6.07, 6.45) is 3.24. The van der Waals surface area contributed by atoms with Gasteiger partial charge in [-0.3, -0.25) is 9.97 Å². The molecule has 0 radical (unpaired) electrons. The Morgan fingerprint density at radius 2 is 0.938 bits per heavy atom. The molecule has 2 heterocycles. The number of aromatic nitrogens is 2. The molecule has 0 saturated carbocycles. The molecule has 0 bridgehead atoms. The van der Waals surface area contributed by atoms with Crippen molar-refractivity contribution in [1.82, 2.24) is 9.97 Å². The van der Waals surface area contributed by atoms with E-state index < -0.39 is 0 Å². The first-order valence-corrected chi connectivity index (χ1v) is 9.76. The molecule has 0 aliphatic heterocycles. The van der Waals surface area contributed by atoms with E-state index in [4.69, 9.17) is 0 Å². The van der Waals surface area contributed by atoms with Gasteiger partial charge in [-0.05, 0) is 72.8 Å². The molecule has 0 spiro atoms. The van der Waals surface area contributed by atoms with E-state index in [1.54, 1.807) is 73.1 Å². The molecule has 5 rings (SSSR count). The highest BCUT2D eigenvalue weighted by atomic mass is 16.3. The van der Waals surface area contributed by atoms with Crippen LogP contribution >= 0.6 is 0 Å². The summed E-state index contributed by atoms with van der Waals surface area (Å²) in [5.74, 6) is 0.206. The lowest BCUT2D eigenvalue weighted by atomic mass is 10.2. The first-order chi connectivity index (χ1) is 15.7. The van der Waals surface area contributed by atoms with Gasteiger partial charge in [-0.25, -0.2) is 0 Å². The molecule has 0 aliphatic carbocycles. The van der Waals surface area contributed by atoms with Crippen molar-refractivity contribution in [1.29, 1.82) is 0 Å². The van der Waals surface area contributed by atoms with Gasteiger partial charge in [0.05, 0.1) is 22.7 Å². The molecule has 0 aliphatic rings. The molecule has 32 heavy (non-hydrogen) atoms. The smallest absolute Gasteiger partial charge is 0.141 e. The summed E-state index contributed by atoms with van der Waals surface area (Å²) >= 11 is 0. The Kier molecular flexibility index (Phi) is 4.93. The molecule has 8 heteroatoms. The summed E-state index contributed by atoms with van der Waals surface area (Å²) in [7, 11) is 0. The number of phenols is 2. The maximum absolute atomic E-state index is 9.95. The number of rotatable bonds is 4. The SMILES string of the molecule is Oc1ccc(/N=N/c2ccc(/N=N/c3ccc(O)c4ncccc34)cc2)c2cccnc12. The van der Waals surface area contributed by atoms with Crippen LogP contribution in [0.3, 0.4) is 0 Å². The van der Waals surface area contributed by atoms with Crippen LogP contribution in [0.15, 0.2) is 106 Å². The molecule has 0 fully saturated rings. The zero-order valence-electron chi connectivity index (χ0n) is 16.7. The van der Waals surface area contributed by atoms with Crippen LogP contribution < -0.4 is 0 Å². The first kappa shape index (κ1) is 19.3. The number of azo groups is 2. The summed E-state index contributed by atoms with van der Waals surface area (Å²) in [6.45, 7) is 0.